The molecule has 3 amide bonds. The first-order valence-electron chi connectivity index (χ1n) is 8.06. The molecule has 1 N–H and O–H groups in total. The van der Waals surface area contributed by atoms with E-state index >= 15 is 0 Å². The third-order valence-corrected chi connectivity index (χ3v) is 5.97. The van der Waals surface area contributed by atoms with Gasteiger partial charge in [-0.1, -0.05) is 26.8 Å². The van der Waals surface area contributed by atoms with Crippen molar-refractivity contribution in [2.75, 3.05) is 7.11 Å². The molecule has 0 aromatic heterocycles. The standard InChI is InChI=1S/C18H22N2O4/c1-17(2)13-8-9-18(17,3)16(23)20(15(13)22)19-14(21)11-6-5-7-12(10-11)24-4/h5-7,10,13H,8-9H2,1-4H3,(H,19,21). The Balaban J connectivity index is 1.87. The van der Waals surface area contributed by atoms with Gasteiger partial charge in [-0.2, -0.15) is 5.01 Å². The topological polar surface area (TPSA) is 75.7 Å². The van der Waals surface area contributed by atoms with E-state index in [9.17, 15) is 14.4 Å². The van der Waals surface area contributed by atoms with E-state index in [2.05, 4.69) is 5.43 Å². The summed E-state index contributed by atoms with van der Waals surface area (Å²) in [6, 6.07) is 6.57. The number of nitrogens with zero attached hydrogens (tertiary/aromatic N) is 1. The van der Waals surface area contributed by atoms with E-state index in [0.717, 1.165) is 5.01 Å². The van der Waals surface area contributed by atoms with Crippen LogP contribution in [-0.2, 0) is 9.59 Å². The fraction of sp³-hybridized carbons (Fsp3) is 0.500. The molecule has 24 heavy (non-hydrogen) atoms. The molecule has 2 unspecified atom stereocenters. The number of piperidine rings is 1. The fourth-order valence-electron chi connectivity index (χ4n) is 3.85. The van der Waals surface area contributed by atoms with Gasteiger partial charge in [-0.25, -0.2) is 0 Å². The van der Waals surface area contributed by atoms with Crippen LogP contribution in [0.25, 0.3) is 0 Å². The van der Waals surface area contributed by atoms with Gasteiger partial charge in [-0.15, -0.1) is 0 Å². The van der Waals surface area contributed by atoms with E-state index in [1.54, 1.807) is 24.3 Å². The Bertz CT molecular complexity index is 727. The molecule has 6 nitrogen and oxygen atoms in total. The highest BCUT2D eigenvalue weighted by molar-refractivity contribution is 6.06. The highest BCUT2D eigenvalue weighted by Crippen LogP contribution is 2.59. The maximum absolute atomic E-state index is 12.9. The fourth-order valence-corrected chi connectivity index (χ4v) is 3.85. The Labute approximate surface area is 141 Å². The Kier molecular flexibility index (Phi) is 3.66. The number of methoxy groups -OCH3 is 1. The zero-order valence-corrected chi connectivity index (χ0v) is 14.4. The molecule has 2 atom stereocenters. The first-order chi connectivity index (χ1) is 11.2. The lowest BCUT2D eigenvalue weighted by atomic mass is 9.63. The molecule has 1 heterocycles. The third kappa shape index (κ3) is 2.12. The molecule has 128 valence electrons. The second-order valence-corrected chi connectivity index (χ2v) is 7.30. The van der Waals surface area contributed by atoms with Gasteiger partial charge in [0.25, 0.3) is 17.7 Å². The second kappa shape index (κ2) is 5.33. The molecular formula is C18H22N2O4. The molecule has 1 aliphatic heterocycles. The zero-order valence-electron chi connectivity index (χ0n) is 14.4. The second-order valence-electron chi connectivity index (χ2n) is 7.30. The van der Waals surface area contributed by atoms with Crippen LogP contribution >= 0.6 is 0 Å². The lowest BCUT2D eigenvalue weighted by molar-refractivity contribution is -0.171. The van der Waals surface area contributed by atoms with Crippen molar-refractivity contribution in [2.45, 2.75) is 33.6 Å². The van der Waals surface area contributed by atoms with Crippen molar-refractivity contribution in [3.63, 3.8) is 0 Å². The summed E-state index contributed by atoms with van der Waals surface area (Å²) in [7, 11) is 1.51. The van der Waals surface area contributed by atoms with E-state index in [4.69, 9.17) is 4.74 Å². The number of nitrogens with one attached hydrogen (secondary N) is 1. The van der Waals surface area contributed by atoms with Crippen LogP contribution in [-0.4, -0.2) is 29.8 Å². The first kappa shape index (κ1) is 16.5. The van der Waals surface area contributed by atoms with Crippen LogP contribution in [0.4, 0.5) is 0 Å². The van der Waals surface area contributed by atoms with Crippen molar-refractivity contribution >= 4 is 17.7 Å². The van der Waals surface area contributed by atoms with E-state index < -0.39 is 16.7 Å². The Morgan fingerprint density at radius 2 is 2.00 bits per heavy atom. The van der Waals surface area contributed by atoms with Gasteiger partial charge in [0.2, 0.25) is 0 Å². The Morgan fingerprint density at radius 1 is 1.29 bits per heavy atom. The molecule has 1 aromatic carbocycles. The minimum Gasteiger partial charge on any atom is -0.497 e. The van der Waals surface area contributed by atoms with E-state index in [-0.39, 0.29) is 17.7 Å². The van der Waals surface area contributed by atoms with Crippen LogP contribution in [0.15, 0.2) is 24.3 Å². The highest BCUT2D eigenvalue weighted by Gasteiger charge is 2.64. The van der Waals surface area contributed by atoms with Gasteiger partial charge in [0.15, 0.2) is 0 Å². The number of ether oxygens (including phenoxy) is 1. The summed E-state index contributed by atoms with van der Waals surface area (Å²) in [6.45, 7) is 5.80. The van der Waals surface area contributed by atoms with Gasteiger partial charge in [-0.3, -0.25) is 19.8 Å². The van der Waals surface area contributed by atoms with Crippen LogP contribution < -0.4 is 10.2 Å². The first-order valence-corrected chi connectivity index (χ1v) is 8.06. The monoisotopic (exact) mass is 330 g/mol. The predicted molar refractivity (Wildman–Crippen MR) is 86.9 cm³/mol. The molecule has 2 fully saturated rings. The van der Waals surface area contributed by atoms with E-state index in [1.807, 2.05) is 20.8 Å². The summed E-state index contributed by atoms with van der Waals surface area (Å²) >= 11 is 0. The lowest BCUT2D eigenvalue weighted by Gasteiger charge is -2.47. The maximum Gasteiger partial charge on any atom is 0.270 e. The molecule has 0 spiro atoms. The van der Waals surface area contributed by atoms with Gasteiger partial charge in [0.05, 0.1) is 12.5 Å². The Morgan fingerprint density at radius 3 is 2.67 bits per heavy atom. The molecule has 1 saturated heterocycles. The van der Waals surface area contributed by atoms with Crippen LogP contribution in [0.5, 0.6) is 5.75 Å². The minimum absolute atomic E-state index is 0.259. The molecule has 2 bridgehead atoms. The van der Waals surface area contributed by atoms with Crippen molar-refractivity contribution < 1.29 is 19.1 Å². The quantitative estimate of drug-likeness (QED) is 0.862. The van der Waals surface area contributed by atoms with Gasteiger partial charge in [0.1, 0.15) is 5.75 Å². The van der Waals surface area contributed by atoms with Crippen molar-refractivity contribution in [3.05, 3.63) is 29.8 Å². The van der Waals surface area contributed by atoms with Crippen molar-refractivity contribution in [1.82, 2.24) is 10.4 Å². The number of hydrogen-bond donors (Lipinski definition) is 1. The van der Waals surface area contributed by atoms with E-state index in [0.29, 0.717) is 24.2 Å². The summed E-state index contributed by atoms with van der Waals surface area (Å²) in [5.41, 5.74) is 1.77. The normalized spacial score (nSPS) is 28.0. The van der Waals surface area contributed by atoms with Crippen molar-refractivity contribution in [3.8, 4) is 5.75 Å². The number of carbonyl (C=O) groups excluding carboxylic acids is 3. The van der Waals surface area contributed by atoms with Gasteiger partial charge in [0, 0.05) is 11.5 Å². The summed E-state index contributed by atoms with van der Waals surface area (Å²) in [6.07, 6.45) is 1.32. The number of hydrogen-bond acceptors (Lipinski definition) is 4. The molecule has 1 aromatic rings. The lowest BCUT2D eigenvalue weighted by Crippen LogP contribution is -2.63. The summed E-state index contributed by atoms with van der Waals surface area (Å²) < 4.78 is 5.10. The molecule has 1 saturated carbocycles. The number of hydrazine groups is 1. The number of amides is 3. The van der Waals surface area contributed by atoms with Crippen molar-refractivity contribution in [2.24, 2.45) is 16.7 Å². The molecule has 6 heteroatoms. The Hall–Kier alpha value is -2.37. The smallest absolute Gasteiger partial charge is 0.270 e. The number of imide groups is 1. The summed E-state index contributed by atoms with van der Waals surface area (Å²) in [5, 5.41) is 0.921. The highest BCUT2D eigenvalue weighted by atomic mass is 16.5. The van der Waals surface area contributed by atoms with Gasteiger partial charge >= 0.3 is 0 Å². The number of fused-ring (bicyclic) bond motifs is 2. The third-order valence-electron chi connectivity index (χ3n) is 5.97. The predicted octanol–water partition coefficient (Wildman–Crippen LogP) is 2.15. The maximum atomic E-state index is 12.9. The molecule has 3 rings (SSSR count). The van der Waals surface area contributed by atoms with E-state index in [1.165, 1.54) is 7.11 Å². The van der Waals surface area contributed by atoms with Crippen LogP contribution in [0, 0.1) is 16.7 Å². The summed E-state index contributed by atoms with van der Waals surface area (Å²) in [4.78, 5) is 38.1. The molecule has 0 radical (unpaired) electrons. The molecule has 2 aliphatic rings. The van der Waals surface area contributed by atoms with Crippen LogP contribution in [0.1, 0.15) is 44.0 Å². The average Bonchev–Trinajstić information content (AvgIpc) is 2.76. The molecular weight excluding hydrogens is 308 g/mol. The van der Waals surface area contributed by atoms with Gasteiger partial charge < -0.3 is 4.74 Å². The SMILES string of the molecule is COc1cccc(C(=O)NN2C(=O)C3CCC(C)(C2=O)C3(C)C)c1. The van der Waals surface area contributed by atoms with Crippen molar-refractivity contribution in [1.29, 1.82) is 0 Å². The number of carbonyl (C=O) groups is 3. The average molecular weight is 330 g/mol. The minimum atomic E-state index is -0.646. The summed E-state index contributed by atoms with van der Waals surface area (Å²) in [5.74, 6) is -0.880. The largest absolute Gasteiger partial charge is 0.497 e. The molecule has 1 aliphatic carbocycles. The number of benzene rings is 1. The number of rotatable bonds is 3. The van der Waals surface area contributed by atoms with Crippen LogP contribution in [0.2, 0.25) is 0 Å². The zero-order chi connectivity index (χ0) is 17.7. The van der Waals surface area contributed by atoms with Gasteiger partial charge in [-0.05, 0) is 36.5 Å². The van der Waals surface area contributed by atoms with Crippen LogP contribution in [0.3, 0.4) is 0 Å².